The Morgan fingerprint density at radius 2 is 1.55 bits per heavy atom. The van der Waals surface area contributed by atoms with Crippen LogP contribution in [0.15, 0.2) is 42.5 Å². The number of carbonyl (C=O) groups is 3. The summed E-state index contributed by atoms with van der Waals surface area (Å²) in [4.78, 5) is 35.8. The van der Waals surface area contributed by atoms with Gasteiger partial charge >= 0.3 is 0 Å². The fraction of sp³-hybridized carbons (Fsp3) is 0.261. The Labute approximate surface area is 181 Å². The number of benzene rings is 2. The molecule has 0 atom stereocenters. The molecule has 0 aliphatic carbocycles. The first-order valence-corrected chi connectivity index (χ1v) is 9.68. The lowest BCUT2D eigenvalue weighted by molar-refractivity contribution is -0.128. The minimum atomic E-state index is -0.511. The third-order valence-electron chi connectivity index (χ3n) is 4.53. The first kappa shape index (κ1) is 23.5. The monoisotopic (exact) mass is 425 g/mol. The minimum absolute atomic E-state index is 0.00386. The van der Waals surface area contributed by atoms with E-state index in [9.17, 15) is 14.4 Å². The molecule has 0 saturated carbocycles. The summed E-state index contributed by atoms with van der Waals surface area (Å²) < 4.78 is 10.4. The molecule has 0 fully saturated rings. The van der Waals surface area contributed by atoms with Crippen LogP contribution in [0.3, 0.4) is 0 Å². The maximum atomic E-state index is 12.0. The highest BCUT2D eigenvalue weighted by molar-refractivity contribution is 5.95. The lowest BCUT2D eigenvalue weighted by Crippen LogP contribution is -2.41. The summed E-state index contributed by atoms with van der Waals surface area (Å²) in [5.41, 5.74) is 8.17. The zero-order chi connectivity index (χ0) is 22.8. The average molecular weight is 425 g/mol. The van der Waals surface area contributed by atoms with Crippen LogP contribution in [-0.4, -0.2) is 31.9 Å². The predicted octanol–water partition coefficient (Wildman–Crippen LogP) is 2.90. The number of methoxy groups -OCH3 is 2. The van der Waals surface area contributed by atoms with Gasteiger partial charge in [-0.05, 0) is 60.9 Å². The Balaban J connectivity index is 1.75. The Hall–Kier alpha value is -3.81. The van der Waals surface area contributed by atoms with Gasteiger partial charge in [-0.15, -0.1) is 0 Å². The molecule has 8 heteroatoms. The summed E-state index contributed by atoms with van der Waals surface area (Å²) in [7, 11) is 3.06. The van der Waals surface area contributed by atoms with Gasteiger partial charge in [0.1, 0.15) is 0 Å². The van der Waals surface area contributed by atoms with Crippen LogP contribution in [0.25, 0.3) is 6.08 Å². The number of anilines is 1. The zero-order valence-corrected chi connectivity index (χ0v) is 18.1. The second-order valence-corrected chi connectivity index (χ2v) is 6.83. The number of nitrogens with one attached hydrogen (secondary N) is 3. The molecule has 0 aromatic heterocycles. The SMILES string of the molecule is COc1ccc(C=CC(=O)NNC(=O)CCC(=O)Nc2ccc(C)c(C)c2)cc1OC. The molecule has 31 heavy (non-hydrogen) atoms. The summed E-state index contributed by atoms with van der Waals surface area (Å²) in [5.74, 6) is -0.140. The Kier molecular flexibility index (Phi) is 8.63. The molecule has 0 unspecified atom stereocenters. The van der Waals surface area contributed by atoms with Crippen molar-refractivity contribution >= 4 is 29.5 Å². The highest BCUT2D eigenvalue weighted by Gasteiger charge is 2.09. The fourth-order valence-corrected chi connectivity index (χ4v) is 2.63. The van der Waals surface area contributed by atoms with Crippen molar-refractivity contribution in [2.45, 2.75) is 26.7 Å². The van der Waals surface area contributed by atoms with E-state index >= 15 is 0 Å². The molecule has 0 bridgehead atoms. The Bertz CT molecular complexity index is 985. The summed E-state index contributed by atoms with van der Waals surface area (Å²) in [6.45, 7) is 3.95. The van der Waals surface area contributed by atoms with Gasteiger partial charge in [-0.3, -0.25) is 25.2 Å². The zero-order valence-electron chi connectivity index (χ0n) is 18.1. The quantitative estimate of drug-likeness (QED) is 0.445. The van der Waals surface area contributed by atoms with Crippen molar-refractivity contribution in [3.05, 3.63) is 59.2 Å². The first-order chi connectivity index (χ1) is 14.8. The van der Waals surface area contributed by atoms with E-state index in [1.165, 1.54) is 20.3 Å². The number of carbonyl (C=O) groups excluding carboxylic acids is 3. The highest BCUT2D eigenvalue weighted by atomic mass is 16.5. The lowest BCUT2D eigenvalue weighted by Gasteiger charge is -2.08. The lowest BCUT2D eigenvalue weighted by atomic mass is 10.1. The van der Waals surface area contributed by atoms with Gasteiger partial charge in [-0.25, -0.2) is 0 Å². The molecule has 2 aromatic rings. The summed E-state index contributed by atoms with van der Waals surface area (Å²) in [6.07, 6.45) is 2.78. The van der Waals surface area contributed by atoms with Crippen molar-refractivity contribution in [1.82, 2.24) is 10.9 Å². The molecule has 0 radical (unpaired) electrons. The molecule has 8 nitrogen and oxygen atoms in total. The molecule has 164 valence electrons. The summed E-state index contributed by atoms with van der Waals surface area (Å²) in [5, 5.41) is 2.75. The van der Waals surface area contributed by atoms with Crippen molar-refractivity contribution in [2.75, 3.05) is 19.5 Å². The van der Waals surface area contributed by atoms with Gasteiger partial charge in [0.2, 0.25) is 11.8 Å². The first-order valence-electron chi connectivity index (χ1n) is 9.68. The third kappa shape index (κ3) is 7.50. The number of aryl methyl sites for hydroxylation is 2. The van der Waals surface area contributed by atoms with Crippen LogP contribution in [0.5, 0.6) is 11.5 Å². The number of rotatable bonds is 8. The summed E-state index contributed by atoms with van der Waals surface area (Å²) in [6, 6.07) is 10.8. The smallest absolute Gasteiger partial charge is 0.262 e. The van der Waals surface area contributed by atoms with Gasteiger partial charge in [0.25, 0.3) is 5.91 Å². The molecule has 0 saturated heterocycles. The van der Waals surface area contributed by atoms with E-state index in [2.05, 4.69) is 16.2 Å². The van der Waals surface area contributed by atoms with Crippen LogP contribution in [0.1, 0.15) is 29.5 Å². The molecule has 3 amide bonds. The molecular weight excluding hydrogens is 398 g/mol. The van der Waals surface area contributed by atoms with E-state index in [1.807, 2.05) is 32.0 Å². The topological polar surface area (TPSA) is 106 Å². The normalized spacial score (nSPS) is 10.5. The van der Waals surface area contributed by atoms with Gasteiger partial charge < -0.3 is 14.8 Å². The van der Waals surface area contributed by atoms with Crippen LogP contribution in [0.2, 0.25) is 0 Å². The molecular formula is C23H27N3O5. The molecule has 3 N–H and O–H groups in total. The van der Waals surface area contributed by atoms with Crippen LogP contribution in [-0.2, 0) is 14.4 Å². The van der Waals surface area contributed by atoms with E-state index in [1.54, 1.807) is 24.3 Å². The number of hydrogen-bond acceptors (Lipinski definition) is 5. The Morgan fingerprint density at radius 3 is 2.23 bits per heavy atom. The van der Waals surface area contributed by atoms with Gasteiger partial charge in [-0.2, -0.15) is 0 Å². The van der Waals surface area contributed by atoms with Crippen molar-refractivity contribution in [3.63, 3.8) is 0 Å². The molecule has 0 heterocycles. The molecule has 0 aliphatic rings. The van der Waals surface area contributed by atoms with Crippen LogP contribution < -0.4 is 25.6 Å². The number of amides is 3. The fourth-order valence-electron chi connectivity index (χ4n) is 2.63. The molecule has 2 aromatic carbocycles. The number of hydrogen-bond donors (Lipinski definition) is 3. The maximum Gasteiger partial charge on any atom is 0.262 e. The van der Waals surface area contributed by atoms with E-state index < -0.39 is 11.8 Å². The number of hydrazine groups is 1. The second kappa shape index (κ2) is 11.4. The van der Waals surface area contributed by atoms with Crippen molar-refractivity contribution in [3.8, 4) is 11.5 Å². The maximum absolute atomic E-state index is 12.0. The van der Waals surface area contributed by atoms with Gasteiger partial charge in [0.15, 0.2) is 11.5 Å². The van der Waals surface area contributed by atoms with E-state index in [0.717, 1.165) is 16.7 Å². The number of ether oxygens (including phenoxy) is 2. The van der Waals surface area contributed by atoms with Crippen LogP contribution in [0, 0.1) is 13.8 Å². The molecule has 2 rings (SSSR count). The van der Waals surface area contributed by atoms with Gasteiger partial charge in [-0.1, -0.05) is 12.1 Å². The van der Waals surface area contributed by atoms with E-state index in [4.69, 9.17) is 9.47 Å². The second-order valence-electron chi connectivity index (χ2n) is 6.83. The van der Waals surface area contributed by atoms with Crippen molar-refractivity contribution in [1.29, 1.82) is 0 Å². The average Bonchev–Trinajstić information content (AvgIpc) is 2.77. The third-order valence-corrected chi connectivity index (χ3v) is 4.53. The van der Waals surface area contributed by atoms with Gasteiger partial charge in [0.05, 0.1) is 14.2 Å². The van der Waals surface area contributed by atoms with Crippen molar-refractivity contribution in [2.24, 2.45) is 0 Å². The minimum Gasteiger partial charge on any atom is -0.493 e. The molecule has 0 aliphatic heterocycles. The van der Waals surface area contributed by atoms with Gasteiger partial charge in [0, 0.05) is 24.6 Å². The van der Waals surface area contributed by atoms with E-state index in [-0.39, 0.29) is 18.7 Å². The predicted molar refractivity (Wildman–Crippen MR) is 119 cm³/mol. The largest absolute Gasteiger partial charge is 0.493 e. The highest BCUT2D eigenvalue weighted by Crippen LogP contribution is 2.27. The standard InChI is InChI=1S/C23H27N3O5/c1-15-5-8-18(13-16(15)2)24-21(27)11-12-23(29)26-25-22(28)10-7-17-6-9-19(30-3)20(14-17)31-4/h5-10,13-14H,11-12H2,1-4H3,(H,24,27)(H,25,28)(H,26,29). The van der Waals surface area contributed by atoms with E-state index in [0.29, 0.717) is 17.2 Å². The van der Waals surface area contributed by atoms with Crippen LogP contribution >= 0.6 is 0 Å². The van der Waals surface area contributed by atoms with Crippen LogP contribution in [0.4, 0.5) is 5.69 Å². The summed E-state index contributed by atoms with van der Waals surface area (Å²) >= 11 is 0. The van der Waals surface area contributed by atoms with Crippen molar-refractivity contribution < 1.29 is 23.9 Å². The Morgan fingerprint density at radius 1 is 0.839 bits per heavy atom. The molecule has 0 spiro atoms.